The summed E-state index contributed by atoms with van der Waals surface area (Å²) in [6, 6.07) is 1.86. The van der Waals surface area contributed by atoms with E-state index in [2.05, 4.69) is 0 Å². The van der Waals surface area contributed by atoms with Crippen LogP contribution in [0, 0.1) is 13.8 Å². The first kappa shape index (κ1) is 13.8. The van der Waals surface area contributed by atoms with Crippen molar-refractivity contribution in [3.05, 3.63) is 27.8 Å². The number of carbonyl (C=O) groups is 1. The fourth-order valence-electron chi connectivity index (χ4n) is 1.99. The Morgan fingerprint density at radius 3 is 2.65 bits per heavy atom. The van der Waals surface area contributed by atoms with E-state index >= 15 is 0 Å². The third-order valence-electron chi connectivity index (χ3n) is 2.80. The van der Waals surface area contributed by atoms with Crippen LogP contribution < -0.4 is 4.74 Å². The number of hydrogen-bond acceptors (Lipinski definition) is 2. The molecule has 0 aliphatic heterocycles. The van der Waals surface area contributed by atoms with Crippen LogP contribution in [-0.2, 0) is 11.2 Å². The van der Waals surface area contributed by atoms with E-state index < -0.39 is 5.97 Å². The smallest absolute Gasteiger partial charge is 0.303 e. The lowest BCUT2D eigenvalue weighted by molar-refractivity contribution is -0.137. The zero-order valence-electron chi connectivity index (χ0n) is 10.3. The van der Waals surface area contributed by atoms with Crippen LogP contribution in [0.2, 0.25) is 5.02 Å². The minimum absolute atomic E-state index is 0.159. The van der Waals surface area contributed by atoms with Gasteiger partial charge in [-0.1, -0.05) is 11.6 Å². The highest BCUT2D eigenvalue weighted by molar-refractivity contribution is 6.31. The Kier molecular flexibility index (Phi) is 4.82. The van der Waals surface area contributed by atoms with Crippen molar-refractivity contribution in [1.82, 2.24) is 0 Å². The Balaban J connectivity index is 2.94. The third kappa shape index (κ3) is 3.37. The molecule has 3 nitrogen and oxygen atoms in total. The first-order valence-electron chi connectivity index (χ1n) is 5.51. The molecule has 0 aliphatic carbocycles. The summed E-state index contributed by atoms with van der Waals surface area (Å²) in [5.74, 6) is 0.0533. The zero-order valence-corrected chi connectivity index (χ0v) is 11.1. The third-order valence-corrected chi connectivity index (χ3v) is 3.14. The average Bonchev–Trinajstić information content (AvgIpc) is 2.22. The number of ether oxygens (including phenoxy) is 1. The Morgan fingerprint density at radius 1 is 1.47 bits per heavy atom. The quantitative estimate of drug-likeness (QED) is 0.879. The van der Waals surface area contributed by atoms with Gasteiger partial charge in [0.15, 0.2) is 0 Å². The molecule has 1 N–H and O–H groups in total. The number of carboxylic acids is 1. The molecule has 0 aromatic heterocycles. The van der Waals surface area contributed by atoms with Gasteiger partial charge in [0, 0.05) is 11.4 Å². The average molecular weight is 257 g/mol. The molecular weight excluding hydrogens is 240 g/mol. The summed E-state index contributed by atoms with van der Waals surface area (Å²) in [5.41, 5.74) is 2.98. The van der Waals surface area contributed by atoms with Crippen molar-refractivity contribution in [2.24, 2.45) is 0 Å². The second-order valence-electron chi connectivity index (χ2n) is 4.06. The van der Waals surface area contributed by atoms with Gasteiger partial charge in [0.25, 0.3) is 0 Å². The van der Waals surface area contributed by atoms with Gasteiger partial charge in [0.05, 0.1) is 7.11 Å². The summed E-state index contributed by atoms with van der Waals surface area (Å²) in [6.45, 7) is 3.90. The van der Waals surface area contributed by atoms with Crippen molar-refractivity contribution in [3.8, 4) is 5.75 Å². The first-order chi connectivity index (χ1) is 7.97. The van der Waals surface area contributed by atoms with E-state index in [9.17, 15) is 4.79 Å². The van der Waals surface area contributed by atoms with Gasteiger partial charge in [-0.15, -0.1) is 0 Å². The van der Waals surface area contributed by atoms with Gasteiger partial charge in [0.1, 0.15) is 5.75 Å². The van der Waals surface area contributed by atoms with Gasteiger partial charge in [-0.3, -0.25) is 4.79 Å². The molecule has 0 saturated heterocycles. The van der Waals surface area contributed by atoms with E-state index in [0.29, 0.717) is 17.9 Å². The van der Waals surface area contributed by atoms with Crippen LogP contribution >= 0.6 is 11.6 Å². The summed E-state index contributed by atoms with van der Waals surface area (Å²) in [7, 11) is 1.63. The number of hydrogen-bond donors (Lipinski definition) is 1. The maximum absolute atomic E-state index is 10.5. The molecule has 0 bridgehead atoms. The summed E-state index contributed by atoms with van der Waals surface area (Å²) >= 11 is 6.18. The van der Waals surface area contributed by atoms with Gasteiger partial charge in [-0.2, -0.15) is 0 Å². The molecule has 0 unspecified atom stereocenters. The Morgan fingerprint density at radius 2 is 2.12 bits per heavy atom. The van der Waals surface area contributed by atoms with E-state index in [1.807, 2.05) is 19.9 Å². The number of carboxylic acid groups (broad SMARTS) is 1. The standard InChI is InChI=1S/C13H17ClO3/c1-8-7-11(14)10(5-4-6-12(15)16)9(2)13(8)17-3/h7H,4-6H2,1-3H3,(H,15,16). The first-order valence-corrected chi connectivity index (χ1v) is 5.89. The van der Waals surface area contributed by atoms with E-state index in [0.717, 1.165) is 22.4 Å². The predicted molar refractivity (Wildman–Crippen MR) is 68.1 cm³/mol. The lowest BCUT2D eigenvalue weighted by Crippen LogP contribution is -2.00. The molecule has 1 aromatic carbocycles. The zero-order chi connectivity index (χ0) is 13.0. The second kappa shape index (κ2) is 5.92. The van der Waals surface area contributed by atoms with Gasteiger partial charge >= 0.3 is 5.97 Å². The number of rotatable bonds is 5. The van der Waals surface area contributed by atoms with Crippen molar-refractivity contribution < 1.29 is 14.6 Å². The number of aliphatic carboxylic acids is 1. The molecule has 0 radical (unpaired) electrons. The van der Waals surface area contributed by atoms with Crippen molar-refractivity contribution in [1.29, 1.82) is 0 Å². The molecule has 0 aliphatic rings. The SMILES string of the molecule is COc1c(C)cc(Cl)c(CCCC(=O)O)c1C. The normalized spacial score (nSPS) is 10.4. The molecule has 0 fully saturated rings. The molecule has 0 amide bonds. The molecule has 0 spiro atoms. The predicted octanol–water partition coefficient (Wildman–Crippen LogP) is 3.37. The van der Waals surface area contributed by atoms with Crippen LogP contribution in [-0.4, -0.2) is 18.2 Å². The molecule has 1 rings (SSSR count). The largest absolute Gasteiger partial charge is 0.496 e. The molecule has 4 heteroatoms. The maximum atomic E-state index is 10.5. The Labute approximate surface area is 106 Å². The summed E-state index contributed by atoms with van der Waals surface area (Å²) < 4.78 is 5.32. The number of methoxy groups -OCH3 is 1. The lowest BCUT2D eigenvalue weighted by Gasteiger charge is -2.14. The minimum Gasteiger partial charge on any atom is -0.496 e. The van der Waals surface area contributed by atoms with Crippen molar-refractivity contribution >= 4 is 17.6 Å². The van der Waals surface area contributed by atoms with E-state index in [1.54, 1.807) is 7.11 Å². The fourth-order valence-corrected chi connectivity index (χ4v) is 2.39. The Hall–Kier alpha value is -1.22. The highest BCUT2D eigenvalue weighted by Gasteiger charge is 2.12. The number of aryl methyl sites for hydroxylation is 1. The maximum Gasteiger partial charge on any atom is 0.303 e. The van der Waals surface area contributed by atoms with Gasteiger partial charge in [0.2, 0.25) is 0 Å². The summed E-state index contributed by atoms with van der Waals surface area (Å²) in [5, 5.41) is 9.30. The molecule has 0 saturated carbocycles. The highest BCUT2D eigenvalue weighted by atomic mass is 35.5. The molecular formula is C13H17ClO3. The highest BCUT2D eigenvalue weighted by Crippen LogP contribution is 2.32. The number of halogens is 1. The molecule has 94 valence electrons. The fraction of sp³-hybridized carbons (Fsp3) is 0.462. The summed E-state index contributed by atoms with van der Waals surface area (Å²) in [6.07, 6.45) is 1.40. The van der Waals surface area contributed by atoms with Crippen molar-refractivity contribution in [3.63, 3.8) is 0 Å². The van der Waals surface area contributed by atoms with E-state index in [1.165, 1.54) is 0 Å². The lowest BCUT2D eigenvalue weighted by atomic mass is 9.99. The number of benzene rings is 1. The van der Waals surface area contributed by atoms with Crippen LogP contribution in [0.15, 0.2) is 6.07 Å². The topological polar surface area (TPSA) is 46.5 Å². The van der Waals surface area contributed by atoms with Crippen LogP contribution in [0.3, 0.4) is 0 Å². The molecule has 0 atom stereocenters. The van der Waals surface area contributed by atoms with E-state index in [4.69, 9.17) is 21.4 Å². The van der Waals surface area contributed by atoms with Crippen LogP contribution in [0.4, 0.5) is 0 Å². The second-order valence-corrected chi connectivity index (χ2v) is 4.47. The monoisotopic (exact) mass is 256 g/mol. The van der Waals surface area contributed by atoms with Crippen LogP contribution in [0.25, 0.3) is 0 Å². The van der Waals surface area contributed by atoms with Crippen LogP contribution in [0.5, 0.6) is 5.75 Å². The Bertz CT molecular complexity index is 427. The van der Waals surface area contributed by atoms with Crippen molar-refractivity contribution in [2.75, 3.05) is 7.11 Å². The summed E-state index contributed by atoms with van der Waals surface area (Å²) in [4.78, 5) is 10.5. The van der Waals surface area contributed by atoms with Gasteiger partial charge in [-0.05, 0) is 49.4 Å². The molecule has 1 aromatic rings. The molecule has 0 heterocycles. The van der Waals surface area contributed by atoms with Crippen LogP contribution in [0.1, 0.15) is 29.5 Å². The van der Waals surface area contributed by atoms with Gasteiger partial charge in [-0.25, -0.2) is 0 Å². The van der Waals surface area contributed by atoms with Crippen molar-refractivity contribution in [2.45, 2.75) is 33.1 Å². The minimum atomic E-state index is -0.780. The molecule has 17 heavy (non-hydrogen) atoms. The van der Waals surface area contributed by atoms with E-state index in [-0.39, 0.29) is 6.42 Å². The van der Waals surface area contributed by atoms with Gasteiger partial charge < -0.3 is 9.84 Å².